The molecule has 3 unspecified atom stereocenters. The summed E-state index contributed by atoms with van der Waals surface area (Å²) in [4.78, 5) is 12.0. The predicted octanol–water partition coefficient (Wildman–Crippen LogP) is 2.36. The van der Waals surface area contributed by atoms with Crippen molar-refractivity contribution in [2.45, 2.75) is 31.2 Å². The summed E-state index contributed by atoms with van der Waals surface area (Å²) < 4.78 is 27.3. The SMILES string of the molecule is Cl.O=C(NCC1CCCN1)C1CC1c1c(F)cccc1F. The Morgan fingerprint density at radius 3 is 2.67 bits per heavy atom. The van der Waals surface area contributed by atoms with Crippen LogP contribution in [-0.4, -0.2) is 25.0 Å². The van der Waals surface area contributed by atoms with Crippen molar-refractivity contribution in [1.29, 1.82) is 0 Å². The third-order valence-corrected chi connectivity index (χ3v) is 4.18. The van der Waals surface area contributed by atoms with Crippen LogP contribution in [0.4, 0.5) is 8.78 Å². The quantitative estimate of drug-likeness (QED) is 0.895. The molecule has 1 heterocycles. The normalized spacial score (nSPS) is 27.0. The highest BCUT2D eigenvalue weighted by molar-refractivity contribution is 5.85. The van der Waals surface area contributed by atoms with Gasteiger partial charge < -0.3 is 10.6 Å². The molecule has 0 spiro atoms. The zero-order valence-electron chi connectivity index (χ0n) is 11.6. The minimum absolute atomic E-state index is 0. The Morgan fingerprint density at radius 2 is 2.05 bits per heavy atom. The Hall–Kier alpha value is -1.20. The highest BCUT2D eigenvalue weighted by atomic mass is 35.5. The minimum Gasteiger partial charge on any atom is -0.354 e. The number of hydrogen-bond acceptors (Lipinski definition) is 2. The summed E-state index contributed by atoms with van der Waals surface area (Å²) in [6.07, 6.45) is 2.73. The maximum absolute atomic E-state index is 13.6. The van der Waals surface area contributed by atoms with E-state index in [0.717, 1.165) is 19.4 Å². The Kier molecular flexibility index (Phi) is 5.17. The Balaban J connectivity index is 0.00000161. The van der Waals surface area contributed by atoms with E-state index in [1.165, 1.54) is 18.2 Å². The molecule has 1 aromatic rings. The monoisotopic (exact) mass is 316 g/mol. The molecule has 2 N–H and O–H groups in total. The number of carbonyl (C=O) groups excluding carboxylic acids is 1. The summed E-state index contributed by atoms with van der Waals surface area (Å²) in [6, 6.07) is 4.17. The van der Waals surface area contributed by atoms with Crippen LogP contribution >= 0.6 is 12.4 Å². The van der Waals surface area contributed by atoms with E-state index in [4.69, 9.17) is 0 Å². The average Bonchev–Trinajstić information content (AvgIpc) is 3.02. The number of rotatable bonds is 4. The van der Waals surface area contributed by atoms with Gasteiger partial charge in [0.05, 0.1) is 0 Å². The molecule has 0 aromatic heterocycles. The topological polar surface area (TPSA) is 41.1 Å². The van der Waals surface area contributed by atoms with Crippen LogP contribution in [0.3, 0.4) is 0 Å². The molecule has 6 heteroatoms. The summed E-state index contributed by atoms with van der Waals surface area (Å²) in [5.74, 6) is -1.80. The highest BCUT2D eigenvalue weighted by Gasteiger charge is 2.46. The first-order valence-corrected chi connectivity index (χ1v) is 7.12. The molecule has 0 radical (unpaired) electrons. The van der Waals surface area contributed by atoms with Gasteiger partial charge in [-0.25, -0.2) is 8.78 Å². The van der Waals surface area contributed by atoms with Crippen LogP contribution in [0.5, 0.6) is 0 Å². The van der Waals surface area contributed by atoms with Crippen molar-refractivity contribution < 1.29 is 13.6 Å². The molecular formula is C15H19ClF2N2O. The molecule has 116 valence electrons. The maximum Gasteiger partial charge on any atom is 0.223 e. The number of hydrogen-bond donors (Lipinski definition) is 2. The molecule has 0 bridgehead atoms. The van der Waals surface area contributed by atoms with Gasteiger partial charge >= 0.3 is 0 Å². The number of nitrogens with one attached hydrogen (secondary N) is 2. The van der Waals surface area contributed by atoms with Crippen LogP contribution in [0.25, 0.3) is 0 Å². The zero-order valence-corrected chi connectivity index (χ0v) is 12.4. The summed E-state index contributed by atoms with van der Waals surface area (Å²) in [5, 5.41) is 6.18. The fourth-order valence-electron chi connectivity index (χ4n) is 2.95. The number of carbonyl (C=O) groups is 1. The third kappa shape index (κ3) is 3.52. The smallest absolute Gasteiger partial charge is 0.223 e. The molecule has 1 aromatic carbocycles. The van der Waals surface area contributed by atoms with Gasteiger partial charge in [0.25, 0.3) is 0 Å². The van der Waals surface area contributed by atoms with E-state index in [1.807, 2.05) is 0 Å². The van der Waals surface area contributed by atoms with Crippen LogP contribution in [0, 0.1) is 17.6 Å². The van der Waals surface area contributed by atoms with E-state index in [2.05, 4.69) is 10.6 Å². The van der Waals surface area contributed by atoms with Crippen LogP contribution < -0.4 is 10.6 Å². The fourth-order valence-corrected chi connectivity index (χ4v) is 2.95. The summed E-state index contributed by atoms with van der Waals surface area (Å²) in [7, 11) is 0. The van der Waals surface area contributed by atoms with Crippen LogP contribution in [0.2, 0.25) is 0 Å². The molecule has 2 fully saturated rings. The molecule has 1 saturated heterocycles. The molecule has 2 aliphatic rings. The van der Waals surface area contributed by atoms with E-state index >= 15 is 0 Å². The largest absolute Gasteiger partial charge is 0.354 e. The predicted molar refractivity (Wildman–Crippen MR) is 78.5 cm³/mol. The Labute approximate surface area is 128 Å². The van der Waals surface area contributed by atoms with Gasteiger partial charge in [0.1, 0.15) is 11.6 Å². The second-order valence-electron chi connectivity index (χ2n) is 5.62. The standard InChI is InChI=1S/C15H18F2N2O.ClH/c16-12-4-1-5-13(17)14(12)10-7-11(10)15(20)19-8-9-3-2-6-18-9;/h1,4-5,9-11,18H,2-3,6-8H2,(H,19,20);1H. The van der Waals surface area contributed by atoms with E-state index in [0.29, 0.717) is 19.0 Å². The second kappa shape index (κ2) is 6.71. The van der Waals surface area contributed by atoms with E-state index in [1.54, 1.807) is 0 Å². The van der Waals surface area contributed by atoms with E-state index < -0.39 is 11.6 Å². The van der Waals surface area contributed by atoms with Crippen molar-refractivity contribution in [1.82, 2.24) is 10.6 Å². The summed E-state index contributed by atoms with van der Waals surface area (Å²) in [6.45, 7) is 1.59. The van der Waals surface area contributed by atoms with Crippen molar-refractivity contribution in [2.75, 3.05) is 13.1 Å². The van der Waals surface area contributed by atoms with E-state index in [-0.39, 0.29) is 35.7 Å². The Bertz CT molecular complexity index is 500. The summed E-state index contributed by atoms with van der Waals surface area (Å²) in [5.41, 5.74) is 0.0617. The lowest BCUT2D eigenvalue weighted by Crippen LogP contribution is -2.38. The van der Waals surface area contributed by atoms with Gasteiger partial charge in [0, 0.05) is 30.0 Å². The number of halogens is 3. The lowest BCUT2D eigenvalue weighted by atomic mass is 10.1. The molecule has 21 heavy (non-hydrogen) atoms. The van der Waals surface area contributed by atoms with Crippen molar-refractivity contribution in [3.8, 4) is 0 Å². The van der Waals surface area contributed by atoms with Crippen LogP contribution in [-0.2, 0) is 4.79 Å². The van der Waals surface area contributed by atoms with Gasteiger partial charge in [-0.2, -0.15) is 0 Å². The maximum atomic E-state index is 13.6. The first kappa shape index (κ1) is 16.2. The average molecular weight is 317 g/mol. The first-order valence-electron chi connectivity index (χ1n) is 7.12. The number of amides is 1. The van der Waals surface area contributed by atoms with Gasteiger partial charge in [-0.05, 0) is 37.9 Å². The van der Waals surface area contributed by atoms with Gasteiger partial charge in [-0.1, -0.05) is 6.07 Å². The molecule has 3 rings (SSSR count). The lowest BCUT2D eigenvalue weighted by molar-refractivity contribution is -0.122. The van der Waals surface area contributed by atoms with Gasteiger partial charge in [0.2, 0.25) is 5.91 Å². The summed E-state index contributed by atoms with van der Waals surface area (Å²) >= 11 is 0. The van der Waals surface area contributed by atoms with Gasteiger partial charge in [0.15, 0.2) is 0 Å². The number of benzene rings is 1. The first-order chi connectivity index (χ1) is 9.66. The lowest BCUT2D eigenvalue weighted by Gasteiger charge is -2.11. The molecule has 1 saturated carbocycles. The molecule has 3 atom stereocenters. The zero-order chi connectivity index (χ0) is 14.1. The third-order valence-electron chi connectivity index (χ3n) is 4.18. The minimum atomic E-state index is -0.553. The van der Waals surface area contributed by atoms with Crippen LogP contribution in [0.15, 0.2) is 18.2 Å². The second-order valence-corrected chi connectivity index (χ2v) is 5.62. The van der Waals surface area contributed by atoms with Crippen molar-refractivity contribution in [3.63, 3.8) is 0 Å². The van der Waals surface area contributed by atoms with Crippen molar-refractivity contribution in [2.24, 2.45) is 5.92 Å². The Morgan fingerprint density at radius 1 is 1.33 bits per heavy atom. The van der Waals surface area contributed by atoms with Crippen molar-refractivity contribution >= 4 is 18.3 Å². The fraction of sp³-hybridized carbons (Fsp3) is 0.533. The van der Waals surface area contributed by atoms with E-state index in [9.17, 15) is 13.6 Å². The van der Waals surface area contributed by atoms with Crippen molar-refractivity contribution in [3.05, 3.63) is 35.4 Å². The highest BCUT2D eigenvalue weighted by Crippen LogP contribution is 2.49. The molecule has 3 nitrogen and oxygen atoms in total. The molecule has 1 aliphatic carbocycles. The molecule has 1 aliphatic heterocycles. The van der Waals surface area contributed by atoms with Gasteiger partial charge in [-0.3, -0.25) is 4.79 Å². The molecule has 1 amide bonds. The van der Waals surface area contributed by atoms with Gasteiger partial charge in [-0.15, -0.1) is 12.4 Å². The molecular weight excluding hydrogens is 298 g/mol. The van der Waals surface area contributed by atoms with Crippen LogP contribution in [0.1, 0.15) is 30.7 Å².